The van der Waals surface area contributed by atoms with E-state index in [4.69, 9.17) is 10.9 Å². The van der Waals surface area contributed by atoms with Crippen LogP contribution in [-0.2, 0) is 19.9 Å². The number of sulfone groups is 1. The first-order valence-corrected chi connectivity index (χ1v) is 9.43. The number of sulfonamides is 1. The molecule has 1 heterocycles. The van der Waals surface area contributed by atoms with E-state index in [9.17, 15) is 16.8 Å². The van der Waals surface area contributed by atoms with Crippen molar-refractivity contribution in [3.8, 4) is 0 Å². The molecule has 5 N–H and O–H groups in total. The van der Waals surface area contributed by atoms with Crippen molar-refractivity contribution < 1.29 is 16.8 Å². The first-order valence-electron chi connectivity index (χ1n) is 6.07. The number of rotatable bonds is 3. The first kappa shape index (κ1) is 15.1. The molecule has 1 saturated heterocycles. The highest BCUT2D eigenvalue weighted by atomic mass is 32.2. The summed E-state index contributed by atoms with van der Waals surface area (Å²) in [5.41, 5.74) is 6.11. The number of anilines is 2. The lowest BCUT2D eigenvalue weighted by atomic mass is 10.1. The molecule has 1 aromatic rings. The van der Waals surface area contributed by atoms with Crippen molar-refractivity contribution in [1.82, 2.24) is 0 Å². The average molecular weight is 319 g/mol. The second-order valence-corrected chi connectivity index (χ2v) is 8.66. The van der Waals surface area contributed by atoms with E-state index in [0.717, 1.165) is 0 Å². The highest BCUT2D eigenvalue weighted by molar-refractivity contribution is 7.91. The van der Waals surface area contributed by atoms with E-state index < -0.39 is 19.9 Å². The number of nitrogens with two attached hydrogens (primary N) is 2. The fourth-order valence-electron chi connectivity index (χ4n) is 2.25. The van der Waals surface area contributed by atoms with Crippen LogP contribution in [0.25, 0.3) is 0 Å². The minimum absolute atomic E-state index is 0.0125. The van der Waals surface area contributed by atoms with Crippen LogP contribution in [0.5, 0.6) is 0 Å². The summed E-state index contributed by atoms with van der Waals surface area (Å²) in [7, 11) is -7.00. The molecule has 0 bridgehead atoms. The Morgan fingerprint density at radius 2 is 2.00 bits per heavy atom. The Morgan fingerprint density at radius 1 is 1.30 bits per heavy atom. The molecule has 0 amide bonds. The van der Waals surface area contributed by atoms with Crippen molar-refractivity contribution in [3.05, 3.63) is 18.2 Å². The normalized spacial score (nSPS) is 22.4. The van der Waals surface area contributed by atoms with Gasteiger partial charge in [0.15, 0.2) is 9.84 Å². The quantitative estimate of drug-likeness (QED) is 0.667. The molecule has 112 valence electrons. The van der Waals surface area contributed by atoms with Gasteiger partial charge in [-0.05, 0) is 31.0 Å². The number of hydrogen-bond acceptors (Lipinski definition) is 6. The van der Waals surface area contributed by atoms with E-state index in [1.165, 1.54) is 18.2 Å². The summed E-state index contributed by atoms with van der Waals surface area (Å²) in [5, 5.41) is 8.09. The smallest absolute Gasteiger partial charge is 0.240 e. The monoisotopic (exact) mass is 319 g/mol. The summed E-state index contributed by atoms with van der Waals surface area (Å²) in [6, 6.07) is 3.97. The van der Waals surface area contributed by atoms with Gasteiger partial charge >= 0.3 is 0 Å². The lowest BCUT2D eigenvalue weighted by Gasteiger charge is -2.25. The van der Waals surface area contributed by atoms with E-state index in [2.05, 4.69) is 5.32 Å². The standard InChI is InChI=1S/C11H17N3O4S2/c12-8-3-4-10(11(6-8)20(13,17)18)14-9-2-1-5-19(15,16)7-9/h3-4,6,9,14H,1-2,5,7,12H2,(H2,13,17,18). The zero-order valence-corrected chi connectivity index (χ0v) is 12.4. The lowest BCUT2D eigenvalue weighted by molar-refractivity contribution is 0.561. The SMILES string of the molecule is Nc1ccc(NC2CCCS(=O)(=O)C2)c(S(N)(=O)=O)c1. The molecular weight excluding hydrogens is 302 g/mol. The molecule has 0 radical (unpaired) electrons. The summed E-state index contributed by atoms with van der Waals surface area (Å²) < 4.78 is 46.2. The third-order valence-corrected chi connectivity index (χ3v) is 5.91. The molecule has 0 saturated carbocycles. The molecule has 1 atom stereocenters. The van der Waals surface area contributed by atoms with Gasteiger partial charge in [0, 0.05) is 11.7 Å². The minimum atomic E-state index is -3.93. The van der Waals surface area contributed by atoms with Crippen LogP contribution < -0.4 is 16.2 Å². The number of nitrogens with one attached hydrogen (secondary N) is 1. The van der Waals surface area contributed by atoms with Crippen LogP contribution in [0.3, 0.4) is 0 Å². The van der Waals surface area contributed by atoms with Crippen molar-refractivity contribution in [2.75, 3.05) is 22.6 Å². The number of nitrogen functional groups attached to an aromatic ring is 1. The van der Waals surface area contributed by atoms with Crippen LogP contribution in [0, 0.1) is 0 Å². The molecule has 1 aliphatic rings. The maximum atomic E-state index is 11.6. The van der Waals surface area contributed by atoms with E-state index >= 15 is 0 Å². The van der Waals surface area contributed by atoms with Gasteiger partial charge in [-0.3, -0.25) is 0 Å². The number of primary sulfonamides is 1. The summed E-state index contributed by atoms with van der Waals surface area (Å²) >= 11 is 0. The van der Waals surface area contributed by atoms with Crippen LogP contribution in [0.1, 0.15) is 12.8 Å². The summed E-state index contributed by atoms with van der Waals surface area (Å²) in [4.78, 5) is -0.125. The van der Waals surface area contributed by atoms with Gasteiger partial charge in [-0.2, -0.15) is 0 Å². The van der Waals surface area contributed by atoms with Crippen molar-refractivity contribution in [2.24, 2.45) is 5.14 Å². The Hall–Kier alpha value is -1.32. The highest BCUT2D eigenvalue weighted by Crippen LogP contribution is 2.25. The minimum Gasteiger partial charge on any atom is -0.399 e. The van der Waals surface area contributed by atoms with E-state index in [1.807, 2.05) is 0 Å². The molecule has 7 nitrogen and oxygen atoms in total. The molecule has 1 fully saturated rings. The average Bonchev–Trinajstić information content (AvgIpc) is 2.29. The molecule has 1 unspecified atom stereocenters. The van der Waals surface area contributed by atoms with Crippen LogP contribution in [0.15, 0.2) is 23.1 Å². The zero-order valence-electron chi connectivity index (χ0n) is 10.7. The lowest BCUT2D eigenvalue weighted by Crippen LogP contribution is -2.35. The molecule has 0 aromatic heterocycles. The fourth-order valence-corrected chi connectivity index (χ4v) is 4.62. The second-order valence-electron chi connectivity index (χ2n) is 4.90. The number of hydrogen-bond donors (Lipinski definition) is 3. The summed E-state index contributed by atoms with van der Waals surface area (Å²) in [5.74, 6) is 0.163. The van der Waals surface area contributed by atoms with Crippen LogP contribution in [-0.4, -0.2) is 34.4 Å². The molecular formula is C11H17N3O4S2. The molecule has 1 aliphatic heterocycles. The Kier molecular flexibility index (Phi) is 3.94. The molecule has 1 aromatic carbocycles. The first-order chi connectivity index (χ1) is 9.17. The van der Waals surface area contributed by atoms with Gasteiger partial charge < -0.3 is 11.1 Å². The van der Waals surface area contributed by atoms with E-state index in [1.54, 1.807) is 0 Å². The molecule has 0 aliphatic carbocycles. The van der Waals surface area contributed by atoms with Crippen molar-refractivity contribution in [1.29, 1.82) is 0 Å². The van der Waals surface area contributed by atoms with Gasteiger partial charge in [0.2, 0.25) is 10.0 Å². The third kappa shape index (κ3) is 3.62. The molecule has 0 spiro atoms. The summed E-state index contributed by atoms with van der Waals surface area (Å²) in [6.45, 7) is 0. The van der Waals surface area contributed by atoms with Crippen molar-refractivity contribution >= 4 is 31.2 Å². The van der Waals surface area contributed by atoms with E-state index in [0.29, 0.717) is 12.8 Å². The molecule has 20 heavy (non-hydrogen) atoms. The number of benzene rings is 1. The Morgan fingerprint density at radius 3 is 2.60 bits per heavy atom. The van der Waals surface area contributed by atoms with Crippen LogP contribution in [0.4, 0.5) is 11.4 Å². The molecule has 2 rings (SSSR count). The predicted molar refractivity (Wildman–Crippen MR) is 77.5 cm³/mol. The second kappa shape index (κ2) is 5.23. The van der Waals surface area contributed by atoms with Crippen LogP contribution >= 0.6 is 0 Å². The van der Waals surface area contributed by atoms with E-state index in [-0.39, 0.29) is 33.8 Å². The van der Waals surface area contributed by atoms with Crippen molar-refractivity contribution in [2.45, 2.75) is 23.8 Å². The maximum Gasteiger partial charge on any atom is 0.240 e. The summed E-state index contributed by atoms with van der Waals surface area (Å²) in [6.07, 6.45) is 1.22. The topological polar surface area (TPSA) is 132 Å². The van der Waals surface area contributed by atoms with Gasteiger partial charge in [0.05, 0.1) is 17.2 Å². The maximum absolute atomic E-state index is 11.6. The van der Waals surface area contributed by atoms with Crippen molar-refractivity contribution in [3.63, 3.8) is 0 Å². The van der Waals surface area contributed by atoms with Gasteiger partial charge in [-0.25, -0.2) is 22.0 Å². The largest absolute Gasteiger partial charge is 0.399 e. The zero-order chi connectivity index (χ0) is 15.0. The fraction of sp³-hybridized carbons (Fsp3) is 0.455. The highest BCUT2D eigenvalue weighted by Gasteiger charge is 2.26. The predicted octanol–water partition coefficient (Wildman–Crippen LogP) is -0.0947. The Labute approximate surface area is 118 Å². The van der Waals surface area contributed by atoms with Gasteiger partial charge in [0.1, 0.15) is 4.90 Å². The van der Waals surface area contributed by atoms with Gasteiger partial charge in [-0.15, -0.1) is 0 Å². The third-order valence-electron chi connectivity index (χ3n) is 3.13. The molecule has 9 heteroatoms. The Bertz CT molecular complexity index is 713. The van der Waals surface area contributed by atoms with Crippen LogP contribution in [0.2, 0.25) is 0 Å². The van der Waals surface area contributed by atoms with Gasteiger partial charge in [-0.1, -0.05) is 0 Å². The Balaban J connectivity index is 2.30. The van der Waals surface area contributed by atoms with Gasteiger partial charge in [0.25, 0.3) is 0 Å².